The lowest BCUT2D eigenvalue weighted by atomic mass is 10.2. The lowest BCUT2D eigenvalue weighted by molar-refractivity contribution is 1.30. The van der Waals surface area contributed by atoms with Crippen molar-refractivity contribution in [3.63, 3.8) is 0 Å². The van der Waals surface area contributed by atoms with Gasteiger partial charge in [0.05, 0.1) is 0 Å². The second-order valence-electron chi connectivity index (χ2n) is 6.66. The van der Waals surface area contributed by atoms with Crippen molar-refractivity contribution in [3.05, 3.63) is 90.0 Å². The van der Waals surface area contributed by atoms with Crippen LogP contribution in [0.2, 0.25) is 0 Å². The third-order valence-electron chi connectivity index (χ3n) is 4.39. The topological polar surface area (TPSA) is 52.7 Å². The van der Waals surface area contributed by atoms with Gasteiger partial charge in [0, 0.05) is 16.9 Å². The molecule has 0 saturated heterocycles. The number of imidazole rings is 1. The zero-order chi connectivity index (χ0) is 18.6. The molecule has 1 heterocycles. The zero-order valence-electron chi connectivity index (χ0n) is 15.5. The molecule has 0 aliphatic carbocycles. The van der Waals surface area contributed by atoms with E-state index in [1.165, 1.54) is 11.1 Å². The highest BCUT2D eigenvalue weighted by molar-refractivity contribution is 5.76. The standard InChI is InChI=1S/C23H22N4/c1-16-8-12-19(13-9-16)24-22-23(25-20-14-10-17(2)11-15-20)27-21(26-22)18-6-4-3-5-7-18/h3-15,24-25H,1-2H3,(H,26,27). The van der Waals surface area contributed by atoms with Gasteiger partial charge in [-0.2, -0.15) is 0 Å². The van der Waals surface area contributed by atoms with Crippen molar-refractivity contribution < 1.29 is 0 Å². The lowest BCUT2D eigenvalue weighted by Crippen LogP contribution is -1.97. The van der Waals surface area contributed by atoms with Gasteiger partial charge >= 0.3 is 0 Å². The predicted octanol–water partition coefficient (Wildman–Crippen LogP) is 6.18. The molecule has 3 N–H and O–H groups in total. The van der Waals surface area contributed by atoms with Crippen LogP contribution in [0.3, 0.4) is 0 Å². The molecule has 4 aromatic rings. The summed E-state index contributed by atoms with van der Waals surface area (Å²) in [5.74, 6) is 2.41. The summed E-state index contributed by atoms with van der Waals surface area (Å²) in [5.41, 5.74) is 5.51. The van der Waals surface area contributed by atoms with Crippen molar-refractivity contribution in [1.29, 1.82) is 0 Å². The Morgan fingerprint density at radius 3 is 1.81 bits per heavy atom. The van der Waals surface area contributed by atoms with Gasteiger partial charge in [-0.15, -0.1) is 0 Å². The van der Waals surface area contributed by atoms with Crippen LogP contribution in [-0.4, -0.2) is 9.97 Å². The van der Waals surface area contributed by atoms with E-state index in [-0.39, 0.29) is 0 Å². The lowest BCUT2D eigenvalue weighted by Gasteiger charge is -2.09. The molecule has 134 valence electrons. The van der Waals surface area contributed by atoms with E-state index in [0.717, 1.165) is 34.4 Å². The molecule has 3 aromatic carbocycles. The number of rotatable bonds is 5. The van der Waals surface area contributed by atoms with Crippen molar-refractivity contribution in [3.8, 4) is 11.4 Å². The molecule has 0 radical (unpaired) electrons. The number of aromatic amines is 1. The Morgan fingerprint density at radius 1 is 0.667 bits per heavy atom. The van der Waals surface area contributed by atoms with Gasteiger partial charge in [0.25, 0.3) is 0 Å². The molecule has 0 spiro atoms. The quantitative estimate of drug-likeness (QED) is 0.401. The van der Waals surface area contributed by atoms with Crippen molar-refractivity contribution in [2.45, 2.75) is 13.8 Å². The van der Waals surface area contributed by atoms with E-state index >= 15 is 0 Å². The van der Waals surface area contributed by atoms with Crippen LogP contribution in [0, 0.1) is 13.8 Å². The third-order valence-corrected chi connectivity index (χ3v) is 4.39. The SMILES string of the molecule is Cc1ccc(Nc2nc(-c3ccccc3)[nH]c2Nc2ccc(C)cc2)cc1. The molecule has 0 fully saturated rings. The first-order valence-corrected chi connectivity index (χ1v) is 9.00. The van der Waals surface area contributed by atoms with Gasteiger partial charge in [0.1, 0.15) is 5.82 Å². The maximum Gasteiger partial charge on any atom is 0.174 e. The molecule has 27 heavy (non-hydrogen) atoms. The van der Waals surface area contributed by atoms with E-state index in [9.17, 15) is 0 Å². The zero-order valence-corrected chi connectivity index (χ0v) is 15.5. The molecule has 4 nitrogen and oxygen atoms in total. The minimum absolute atomic E-state index is 0.762. The van der Waals surface area contributed by atoms with Crippen LogP contribution in [-0.2, 0) is 0 Å². The van der Waals surface area contributed by atoms with Crippen LogP contribution in [0.5, 0.6) is 0 Å². The number of H-pyrrole nitrogens is 1. The van der Waals surface area contributed by atoms with E-state index in [0.29, 0.717) is 0 Å². The fourth-order valence-electron chi connectivity index (χ4n) is 2.84. The average Bonchev–Trinajstić information content (AvgIpc) is 3.08. The summed E-state index contributed by atoms with van der Waals surface area (Å²) in [4.78, 5) is 8.19. The first kappa shape index (κ1) is 16.9. The smallest absolute Gasteiger partial charge is 0.174 e. The molecule has 0 bridgehead atoms. The van der Waals surface area contributed by atoms with E-state index in [2.05, 4.69) is 78.0 Å². The van der Waals surface area contributed by atoms with E-state index in [4.69, 9.17) is 4.98 Å². The van der Waals surface area contributed by atoms with Gasteiger partial charge in [0.15, 0.2) is 11.6 Å². The number of hydrogen-bond donors (Lipinski definition) is 3. The largest absolute Gasteiger partial charge is 0.339 e. The number of aryl methyl sites for hydroxylation is 2. The minimum Gasteiger partial charge on any atom is -0.339 e. The summed E-state index contributed by atoms with van der Waals surface area (Å²) in [7, 11) is 0. The summed E-state index contributed by atoms with van der Waals surface area (Å²) in [5, 5.41) is 6.86. The average molecular weight is 354 g/mol. The fraction of sp³-hybridized carbons (Fsp3) is 0.0870. The number of aromatic nitrogens is 2. The van der Waals surface area contributed by atoms with Crippen LogP contribution >= 0.6 is 0 Å². The van der Waals surface area contributed by atoms with Gasteiger partial charge in [0.2, 0.25) is 0 Å². The number of hydrogen-bond acceptors (Lipinski definition) is 3. The van der Waals surface area contributed by atoms with Crippen molar-refractivity contribution >= 4 is 23.0 Å². The molecule has 0 saturated carbocycles. The molecule has 0 atom stereocenters. The molecule has 0 unspecified atom stereocenters. The van der Waals surface area contributed by atoms with Gasteiger partial charge in [-0.05, 0) is 38.1 Å². The number of nitrogens with one attached hydrogen (secondary N) is 3. The molecule has 4 heteroatoms. The Hall–Kier alpha value is -3.53. The maximum absolute atomic E-state index is 4.78. The Balaban J connectivity index is 1.69. The van der Waals surface area contributed by atoms with Gasteiger partial charge < -0.3 is 15.6 Å². The van der Waals surface area contributed by atoms with Crippen molar-refractivity contribution in [2.75, 3.05) is 10.6 Å². The van der Waals surface area contributed by atoms with Gasteiger partial charge in [-0.25, -0.2) is 4.98 Å². The monoisotopic (exact) mass is 354 g/mol. The highest BCUT2D eigenvalue weighted by Crippen LogP contribution is 2.30. The second kappa shape index (κ2) is 7.38. The van der Waals surface area contributed by atoms with E-state index in [1.807, 2.05) is 30.3 Å². The Labute approximate surface area is 159 Å². The molecular formula is C23H22N4. The van der Waals surface area contributed by atoms with Crippen LogP contribution < -0.4 is 10.6 Å². The summed E-state index contributed by atoms with van der Waals surface area (Å²) in [6, 6.07) is 26.7. The van der Waals surface area contributed by atoms with Crippen LogP contribution in [0.25, 0.3) is 11.4 Å². The Kier molecular flexibility index (Phi) is 4.62. The van der Waals surface area contributed by atoms with Crippen LogP contribution in [0.1, 0.15) is 11.1 Å². The Bertz CT molecular complexity index is 951. The predicted molar refractivity (Wildman–Crippen MR) is 113 cm³/mol. The highest BCUT2D eigenvalue weighted by Gasteiger charge is 2.12. The summed E-state index contributed by atoms with van der Waals surface area (Å²) >= 11 is 0. The summed E-state index contributed by atoms with van der Waals surface area (Å²) in [6.45, 7) is 4.16. The molecule has 0 aliphatic heterocycles. The van der Waals surface area contributed by atoms with Crippen LogP contribution in [0.4, 0.5) is 23.0 Å². The molecule has 0 amide bonds. The van der Waals surface area contributed by atoms with E-state index in [1.54, 1.807) is 0 Å². The third kappa shape index (κ3) is 4.01. The van der Waals surface area contributed by atoms with Crippen molar-refractivity contribution in [1.82, 2.24) is 9.97 Å². The molecule has 1 aromatic heterocycles. The first-order valence-electron chi connectivity index (χ1n) is 9.00. The summed E-state index contributed by atoms with van der Waals surface area (Å²) < 4.78 is 0. The molecular weight excluding hydrogens is 332 g/mol. The second-order valence-corrected chi connectivity index (χ2v) is 6.66. The van der Waals surface area contributed by atoms with Crippen molar-refractivity contribution in [2.24, 2.45) is 0 Å². The number of benzene rings is 3. The Morgan fingerprint density at radius 2 is 1.22 bits per heavy atom. The fourth-order valence-corrected chi connectivity index (χ4v) is 2.84. The molecule has 0 aliphatic rings. The highest BCUT2D eigenvalue weighted by atomic mass is 15.2. The first-order chi connectivity index (χ1) is 13.2. The van der Waals surface area contributed by atoms with Gasteiger partial charge in [-0.1, -0.05) is 65.7 Å². The van der Waals surface area contributed by atoms with E-state index < -0.39 is 0 Å². The number of anilines is 4. The summed E-state index contributed by atoms with van der Waals surface area (Å²) in [6.07, 6.45) is 0. The number of nitrogens with zero attached hydrogens (tertiary/aromatic N) is 1. The normalized spacial score (nSPS) is 10.6. The molecule has 4 rings (SSSR count). The van der Waals surface area contributed by atoms with Crippen LogP contribution in [0.15, 0.2) is 78.9 Å². The minimum atomic E-state index is 0.762. The van der Waals surface area contributed by atoms with Gasteiger partial charge in [-0.3, -0.25) is 0 Å². The maximum atomic E-state index is 4.78.